The first-order valence-corrected chi connectivity index (χ1v) is 15.5. The molecule has 1 saturated heterocycles. The molecule has 230 valence electrons. The Morgan fingerprint density at radius 3 is 2.41 bits per heavy atom. The van der Waals surface area contributed by atoms with E-state index in [1.54, 1.807) is 7.11 Å². The van der Waals surface area contributed by atoms with E-state index in [9.17, 15) is 9.90 Å². The lowest BCUT2D eigenvalue weighted by Gasteiger charge is -2.37. The number of hydrogen-bond donors (Lipinski definition) is 2. The second-order valence-corrected chi connectivity index (χ2v) is 12.0. The van der Waals surface area contributed by atoms with Crippen LogP contribution in [0.2, 0.25) is 5.02 Å². The van der Waals surface area contributed by atoms with Crippen molar-refractivity contribution >= 4 is 29.0 Å². The Morgan fingerprint density at radius 2 is 1.70 bits per heavy atom. The summed E-state index contributed by atoms with van der Waals surface area (Å²) in [6.07, 6.45) is 0.0758. The van der Waals surface area contributed by atoms with Gasteiger partial charge in [-0.3, -0.25) is 9.58 Å². The van der Waals surface area contributed by atoms with Gasteiger partial charge in [0.2, 0.25) is 0 Å². The summed E-state index contributed by atoms with van der Waals surface area (Å²) in [5, 5.41) is 19.9. The molecule has 2 aliphatic heterocycles. The summed E-state index contributed by atoms with van der Waals surface area (Å²) in [5.41, 5.74) is 7.10. The molecule has 1 atom stereocenters. The Hall–Kier alpha value is -4.05. The Balaban J connectivity index is 1.14. The number of amides is 2. The topological polar surface area (TPSA) is 86.1 Å². The standard InChI is InChI=1S/C34H39ClN6O3/c1-24-5-3-4-6-31(24)39-19-17-38(18-20-39)21-28(42)22-41-32-15-16-40(34(43)36-27-11-13-29(44-2)14-12-27)23-30(32)33(37-41)25-7-9-26(35)10-8-25/h3-14,28,42H,15-23H2,1-2H3,(H,36,43). The number of piperazine rings is 1. The van der Waals surface area contributed by atoms with Gasteiger partial charge in [0.05, 0.1) is 32.0 Å². The number of fused-ring (bicyclic) bond motifs is 1. The number of anilines is 2. The van der Waals surface area contributed by atoms with Crippen LogP contribution in [-0.4, -0.2) is 83.2 Å². The number of aryl methyl sites for hydroxylation is 1. The van der Waals surface area contributed by atoms with E-state index in [-0.39, 0.29) is 6.03 Å². The van der Waals surface area contributed by atoms with Crippen molar-refractivity contribution in [3.8, 4) is 17.0 Å². The molecule has 0 bridgehead atoms. The molecule has 4 aromatic rings. The number of rotatable bonds is 8. The van der Waals surface area contributed by atoms with Gasteiger partial charge < -0.3 is 25.0 Å². The Labute approximate surface area is 263 Å². The SMILES string of the molecule is COc1ccc(NC(=O)N2CCc3c(c(-c4ccc(Cl)cc4)nn3CC(O)CN3CCN(c4ccccc4C)CC3)C2)cc1. The molecule has 2 aliphatic rings. The fourth-order valence-electron chi connectivity index (χ4n) is 6.18. The van der Waals surface area contributed by atoms with Crippen LogP contribution < -0.4 is 15.0 Å². The lowest BCUT2D eigenvalue weighted by atomic mass is 10.0. The zero-order valence-corrected chi connectivity index (χ0v) is 26.0. The van der Waals surface area contributed by atoms with Crippen molar-refractivity contribution in [2.45, 2.75) is 32.5 Å². The maximum atomic E-state index is 13.3. The lowest BCUT2D eigenvalue weighted by molar-refractivity contribution is 0.0910. The van der Waals surface area contributed by atoms with Crippen LogP contribution in [0.4, 0.5) is 16.2 Å². The van der Waals surface area contributed by atoms with Crippen LogP contribution >= 0.6 is 11.6 Å². The maximum Gasteiger partial charge on any atom is 0.322 e. The van der Waals surface area contributed by atoms with Gasteiger partial charge in [-0.2, -0.15) is 5.10 Å². The quantitative estimate of drug-likeness (QED) is 0.280. The number of hydrogen-bond acceptors (Lipinski definition) is 6. The van der Waals surface area contributed by atoms with Gasteiger partial charge in [-0.15, -0.1) is 0 Å². The van der Waals surface area contributed by atoms with Gasteiger partial charge in [0, 0.05) is 78.9 Å². The third-order valence-corrected chi connectivity index (χ3v) is 8.81. The number of carbonyl (C=O) groups is 1. The van der Waals surface area contributed by atoms with E-state index in [2.05, 4.69) is 46.3 Å². The number of benzene rings is 3. The second-order valence-electron chi connectivity index (χ2n) is 11.5. The molecule has 1 aromatic heterocycles. The molecule has 0 radical (unpaired) electrons. The van der Waals surface area contributed by atoms with E-state index in [1.807, 2.05) is 58.1 Å². The molecule has 0 spiro atoms. The number of urea groups is 1. The number of nitrogens with zero attached hydrogens (tertiary/aromatic N) is 5. The van der Waals surface area contributed by atoms with E-state index in [4.69, 9.17) is 21.4 Å². The van der Waals surface area contributed by atoms with Gasteiger partial charge in [0.1, 0.15) is 5.75 Å². The molecular weight excluding hydrogens is 576 g/mol. The van der Waals surface area contributed by atoms with E-state index in [1.165, 1.54) is 11.3 Å². The van der Waals surface area contributed by atoms with Crippen molar-refractivity contribution < 1.29 is 14.6 Å². The minimum atomic E-state index is -0.571. The predicted molar refractivity (Wildman–Crippen MR) is 175 cm³/mol. The van der Waals surface area contributed by atoms with Crippen molar-refractivity contribution in [2.24, 2.45) is 0 Å². The molecule has 0 aliphatic carbocycles. The highest BCUT2D eigenvalue weighted by atomic mass is 35.5. The summed E-state index contributed by atoms with van der Waals surface area (Å²) in [4.78, 5) is 19.8. The monoisotopic (exact) mass is 614 g/mol. The lowest BCUT2D eigenvalue weighted by Crippen LogP contribution is -2.49. The molecule has 44 heavy (non-hydrogen) atoms. The first kappa shape index (κ1) is 30.0. The third kappa shape index (κ3) is 6.70. The molecule has 1 unspecified atom stereocenters. The number of aliphatic hydroxyl groups is 1. The molecule has 0 saturated carbocycles. The number of ether oxygens (including phenoxy) is 1. The molecule has 3 heterocycles. The average molecular weight is 615 g/mol. The Morgan fingerprint density at radius 1 is 0.977 bits per heavy atom. The molecule has 3 aromatic carbocycles. The maximum absolute atomic E-state index is 13.3. The number of carbonyl (C=O) groups excluding carboxylic acids is 1. The number of methoxy groups -OCH3 is 1. The number of aromatic nitrogens is 2. The van der Waals surface area contributed by atoms with Gasteiger partial charge >= 0.3 is 6.03 Å². The van der Waals surface area contributed by atoms with Crippen LogP contribution in [0.15, 0.2) is 72.8 Å². The average Bonchev–Trinajstić information content (AvgIpc) is 3.39. The predicted octanol–water partition coefficient (Wildman–Crippen LogP) is 5.29. The summed E-state index contributed by atoms with van der Waals surface area (Å²) in [7, 11) is 1.62. The van der Waals surface area contributed by atoms with Crippen LogP contribution in [0.5, 0.6) is 5.75 Å². The zero-order chi connectivity index (χ0) is 30.6. The van der Waals surface area contributed by atoms with Crippen LogP contribution in [0, 0.1) is 6.92 Å². The minimum absolute atomic E-state index is 0.166. The number of halogens is 1. The van der Waals surface area contributed by atoms with E-state index in [0.717, 1.165) is 54.4 Å². The Kier molecular flexibility index (Phi) is 9.07. The highest BCUT2D eigenvalue weighted by Crippen LogP contribution is 2.32. The van der Waals surface area contributed by atoms with E-state index >= 15 is 0 Å². The van der Waals surface area contributed by atoms with Crippen molar-refractivity contribution in [2.75, 3.05) is 56.6 Å². The first-order valence-electron chi connectivity index (χ1n) is 15.1. The Bertz CT molecular complexity index is 1580. The number of nitrogens with one attached hydrogen (secondary N) is 1. The number of para-hydroxylation sites is 1. The minimum Gasteiger partial charge on any atom is -0.497 e. The van der Waals surface area contributed by atoms with E-state index in [0.29, 0.717) is 43.3 Å². The zero-order valence-electron chi connectivity index (χ0n) is 25.2. The fourth-order valence-corrected chi connectivity index (χ4v) is 6.30. The van der Waals surface area contributed by atoms with Gasteiger partial charge in [-0.25, -0.2) is 4.79 Å². The molecule has 2 amide bonds. The van der Waals surface area contributed by atoms with Crippen molar-refractivity contribution in [3.05, 3.63) is 94.6 Å². The van der Waals surface area contributed by atoms with Gasteiger partial charge in [0.25, 0.3) is 0 Å². The van der Waals surface area contributed by atoms with Crippen molar-refractivity contribution in [1.29, 1.82) is 0 Å². The number of β-amino-alcohol motifs (C(OH)–C–C–N with tert-alkyl or cyclic N) is 1. The first-order chi connectivity index (χ1) is 21.4. The summed E-state index contributed by atoms with van der Waals surface area (Å²) in [6, 6.07) is 23.2. The smallest absolute Gasteiger partial charge is 0.322 e. The summed E-state index contributed by atoms with van der Waals surface area (Å²) >= 11 is 6.19. The normalized spacial score (nSPS) is 16.0. The molecule has 10 heteroatoms. The van der Waals surface area contributed by atoms with Crippen molar-refractivity contribution in [1.82, 2.24) is 19.6 Å². The second kappa shape index (κ2) is 13.3. The summed E-state index contributed by atoms with van der Waals surface area (Å²) in [5.74, 6) is 0.734. The van der Waals surface area contributed by atoms with Gasteiger partial charge in [0.15, 0.2) is 0 Å². The summed E-state index contributed by atoms with van der Waals surface area (Å²) in [6.45, 7) is 7.78. The van der Waals surface area contributed by atoms with Crippen molar-refractivity contribution in [3.63, 3.8) is 0 Å². The van der Waals surface area contributed by atoms with Crippen LogP contribution in [0.1, 0.15) is 16.8 Å². The molecule has 2 N–H and O–H groups in total. The fraction of sp³-hybridized carbons (Fsp3) is 0.353. The van der Waals surface area contributed by atoms with Crippen LogP contribution in [0.3, 0.4) is 0 Å². The highest BCUT2D eigenvalue weighted by molar-refractivity contribution is 6.30. The van der Waals surface area contributed by atoms with Crippen LogP contribution in [0.25, 0.3) is 11.3 Å². The van der Waals surface area contributed by atoms with Gasteiger partial charge in [-0.1, -0.05) is 41.9 Å². The molecular formula is C34H39ClN6O3. The third-order valence-electron chi connectivity index (χ3n) is 8.56. The molecule has 9 nitrogen and oxygen atoms in total. The molecule has 6 rings (SSSR count). The largest absolute Gasteiger partial charge is 0.497 e. The highest BCUT2D eigenvalue weighted by Gasteiger charge is 2.29. The number of aliphatic hydroxyl groups excluding tert-OH is 1. The molecule has 1 fully saturated rings. The summed E-state index contributed by atoms with van der Waals surface area (Å²) < 4.78 is 7.18. The van der Waals surface area contributed by atoms with Gasteiger partial charge in [-0.05, 0) is 55.0 Å². The van der Waals surface area contributed by atoms with E-state index < -0.39 is 6.10 Å². The van der Waals surface area contributed by atoms with Crippen LogP contribution in [-0.2, 0) is 19.5 Å².